The zero-order chi connectivity index (χ0) is 10.8. The first-order chi connectivity index (χ1) is 7.24. The molecule has 2 aliphatic carbocycles. The van der Waals surface area contributed by atoms with Crippen LogP contribution in [0.1, 0.15) is 58.3 Å². The number of hydrogen-bond acceptors (Lipinski definition) is 2. The molecular formula is C13H26N2. The van der Waals surface area contributed by atoms with Crippen LogP contribution in [0.3, 0.4) is 0 Å². The van der Waals surface area contributed by atoms with Crippen molar-refractivity contribution in [2.75, 3.05) is 13.1 Å². The molecule has 2 heteroatoms. The Kier molecular flexibility index (Phi) is 3.36. The van der Waals surface area contributed by atoms with Gasteiger partial charge in [0.1, 0.15) is 0 Å². The van der Waals surface area contributed by atoms with E-state index in [0.717, 1.165) is 18.5 Å². The van der Waals surface area contributed by atoms with Crippen LogP contribution < -0.4 is 11.1 Å². The van der Waals surface area contributed by atoms with E-state index in [1.54, 1.807) is 0 Å². The highest BCUT2D eigenvalue weighted by Crippen LogP contribution is 2.50. The lowest BCUT2D eigenvalue weighted by atomic mass is 9.66. The van der Waals surface area contributed by atoms with Crippen LogP contribution in [0.4, 0.5) is 0 Å². The Morgan fingerprint density at radius 3 is 2.07 bits per heavy atom. The van der Waals surface area contributed by atoms with E-state index in [1.807, 2.05) is 0 Å². The first-order valence-electron chi connectivity index (χ1n) is 6.69. The van der Waals surface area contributed by atoms with Crippen molar-refractivity contribution in [3.63, 3.8) is 0 Å². The molecule has 0 aromatic carbocycles. The van der Waals surface area contributed by atoms with Crippen LogP contribution in [-0.2, 0) is 0 Å². The van der Waals surface area contributed by atoms with Crippen molar-refractivity contribution >= 4 is 0 Å². The fourth-order valence-corrected chi connectivity index (χ4v) is 3.71. The van der Waals surface area contributed by atoms with Crippen molar-refractivity contribution in [3.8, 4) is 0 Å². The Bertz CT molecular complexity index is 197. The number of nitrogens with one attached hydrogen (secondary N) is 1. The highest BCUT2D eigenvalue weighted by molar-refractivity contribution is 4.99. The second-order valence-electron chi connectivity index (χ2n) is 5.72. The summed E-state index contributed by atoms with van der Waals surface area (Å²) in [6.45, 7) is 4.07. The smallest absolute Gasteiger partial charge is 0.0304 e. The monoisotopic (exact) mass is 210 g/mol. The third-order valence-corrected chi connectivity index (χ3v) is 4.87. The van der Waals surface area contributed by atoms with Gasteiger partial charge in [-0.15, -0.1) is 0 Å². The average molecular weight is 210 g/mol. The molecule has 0 aromatic heterocycles. The van der Waals surface area contributed by atoms with Crippen LogP contribution in [0, 0.1) is 5.41 Å². The van der Waals surface area contributed by atoms with Gasteiger partial charge in [0.2, 0.25) is 0 Å². The summed E-state index contributed by atoms with van der Waals surface area (Å²) in [5, 5.41) is 3.63. The summed E-state index contributed by atoms with van der Waals surface area (Å²) in [6.07, 6.45) is 11.3. The van der Waals surface area contributed by atoms with Crippen LogP contribution in [0.5, 0.6) is 0 Å². The van der Waals surface area contributed by atoms with Gasteiger partial charge in [0, 0.05) is 12.1 Å². The van der Waals surface area contributed by atoms with Crippen LogP contribution in [-0.4, -0.2) is 18.6 Å². The second-order valence-corrected chi connectivity index (χ2v) is 5.72. The zero-order valence-electron chi connectivity index (χ0n) is 10.1. The van der Waals surface area contributed by atoms with Crippen LogP contribution >= 0.6 is 0 Å². The zero-order valence-corrected chi connectivity index (χ0v) is 10.1. The number of rotatable bonds is 3. The average Bonchev–Trinajstić information content (AvgIpc) is 2.72. The number of hydrogen-bond donors (Lipinski definition) is 2. The molecule has 2 nitrogen and oxygen atoms in total. The third-order valence-electron chi connectivity index (χ3n) is 4.87. The van der Waals surface area contributed by atoms with Crippen LogP contribution in [0.2, 0.25) is 0 Å². The van der Waals surface area contributed by atoms with Gasteiger partial charge in [0.15, 0.2) is 0 Å². The van der Waals surface area contributed by atoms with Gasteiger partial charge in [-0.25, -0.2) is 0 Å². The lowest BCUT2D eigenvalue weighted by molar-refractivity contribution is 0.116. The molecule has 0 atom stereocenters. The molecule has 2 rings (SSSR count). The fraction of sp³-hybridized carbons (Fsp3) is 1.00. The van der Waals surface area contributed by atoms with Gasteiger partial charge in [-0.2, -0.15) is 0 Å². The third kappa shape index (κ3) is 2.21. The van der Waals surface area contributed by atoms with Gasteiger partial charge < -0.3 is 11.1 Å². The molecule has 0 aliphatic heterocycles. The Hall–Kier alpha value is -0.0800. The molecule has 15 heavy (non-hydrogen) atoms. The predicted molar refractivity (Wildman–Crippen MR) is 64.8 cm³/mol. The molecular weight excluding hydrogens is 184 g/mol. The fourth-order valence-electron chi connectivity index (χ4n) is 3.71. The minimum atomic E-state index is 0.280. The summed E-state index contributed by atoms with van der Waals surface area (Å²) in [6, 6.07) is 0. The van der Waals surface area contributed by atoms with Gasteiger partial charge >= 0.3 is 0 Å². The summed E-state index contributed by atoms with van der Waals surface area (Å²) < 4.78 is 0. The minimum Gasteiger partial charge on any atom is -0.329 e. The Labute approximate surface area is 94.0 Å². The van der Waals surface area contributed by atoms with Crippen molar-refractivity contribution < 1.29 is 0 Å². The maximum Gasteiger partial charge on any atom is 0.0304 e. The lowest BCUT2D eigenvalue weighted by Gasteiger charge is -2.45. The minimum absolute atomic E-state index is 0.280. The molecule has 2 fully saturated rings. The van der Waals surface area contributed by atoms with E-state index < -0.39 is 0 Å². The summed E-state index contributed by atoms with van der Waals surface area (Å²) >= 11 is 0. The normalized spacial score (nSPS) is 28.4. The van der Waals surface area contributed by atoms with Gasteiger partial charge in [0.05, 0.1) is 0 Å². The van der Waals surface area contributed by atoms with Crippen molar-refractivity contribution in [1.29, 1.82) is 0 Å². The molecule has 88 valence electrons. The van der Waals surface area contributed by atoms with E-state index in [4.69, 9.17) is 5.73 Å². The Balaban J connectivity index is 1.94. The van der Waals surface area contributed by atoms with Crippen molar-refractivity contribution in [3.05, 3.63) is 0 Å². The Morgan fingerprint density at radius 1 is 1.00 bits per heavy atom. The maximum absolute atomic E-state index is 5.95. The molecule has 0 bridgehead atoms. The summed E-state index contributed by atoms with van der Waals surface area (Å²) in [7, 11) is 0. The molecule has 3 N–H and O–H groups in total. The summed E-state index contributed by atoms with van der Waals surface area (Å²) in [5.41, 5.74) is 6.96. The quantitative estimate of drug-likeness (QED) is 0.751. The maximum atomic E-state index is 5.95. The van der Waals surface area contributed by atoms with Gasteiger partial charge in [-0.3, -0.25) is 0 Å². The lowest BCUT2D eigenvalue weighted by Crippen LogP contribution is -2.54. The van der Waals surface area contributed by atoms with E-state index in [1.165, 1.54) is 51.4 Å². The first-order valence-corrected chi connectivity index (χ1v) is 6.69. The van der Waals surface area contributed by atoms with Crippen molar-refractivity contribution in [2.24, 2.45) is 11.1 Å². The molecule has 0 heterocycles. The highest BCUT2D eigenvalue weighted by Gasteiger charge is 2.42. The van der Waals surface area contributed by atoms with Crippen LogP contribution in [0.25, 0.3) is 0 Å². The molecule has 0 amide bonds. The van der Waals surface area contributed by atoms with Crippen molar-refractivity contribution in [2.45, 2.75) is 63.8 Å². The number of likely N-dealkylation sites (N-methyl/N-ethyl adjacent to an activating group) is 1. The summed E-state index contributed by atoms with van der Waals surface area (Å²) in [4.78, 5) is 0. The number of nitrogens with two attached hydrogens (primary N) is 1. The molecule has 1 spiro atoms. The summed E-state index contributed by atoms with van der Waals surface area (Å²) in [5.74, 6) is 0. The largest absolute Gasteiger partial charge is 0.329 e. The van der Waals surface area contributed by atoms with Gasteiger partial charge in [-0.05, 0) is 50.5 Å². The van der Waals surface area contributed by atoms with E-state index in [0.29, 0.717) is 0 Å². The topological polar surface area (TPSA) is 38.0 Å². The Morgan fingerprint density at radius 2 is 1.60 bits per heavy atom. The second kappa shape index (κ2) is 4.42. The molecule has 0 saturated heterocycles. The van der Waals surface area contributed by atoms with E-state index >= 15 is 0 Å². The van der Waals surface area contributed by atoms with E-state index in [9.17, 15) is 0 Å². The van der Waals surface area contributed by atoms with E-state index in [-0.39, 0.29) is 5.54 Å². The molecule has 0 unspecified atom stereocenters. The predicted octanol–water partition coefficient (Wildman–Crippen LogP) is 2.43. The molecule has 2 aliphatic rings. The van der Waals surface area contributed by atoms with Gasteiger partial charge in [-0.1, -0.05) is 19.8 Å². The highest BCUT2D eigenvalue weighted by atomic mass is 15.0. The molecule has 2 saturated carbocycles. The van der Waals surface area contributed by atoms with E-state index in [2.05, 4.69) is 12.2 Å². The van der Waals surface area contributed by atoms with Gasteiger partial charge in [0.25, 0.3) is 0 Å². The molecule has 0 radical (unpaired) electrons. The standard InChI is InChI=1S/C13H26N2/c1-2-15-13(11-14)9-7-12(8-10-13)5-3-4-6-12/h15H,2-11,14H2,1H3. The molecule has 0 aromatic rings. The van der Waals surface area contributed by atoms with Crippen molar-refractivity contribution in [1.82, 2.24) is 5.32 Å². The first kappa shape index (κ1) is 11.4. The SMILES string of the molecule is CCNC1(CN)CCC2(CCCC2)CC1. The van der Waals surface area contributed by atoms with Crippen LogP contribution in [0.15, 0.2) is 0 Å².